The number of para-hydroxylation sites is 8. The summed E-state index contributed by atoms with van der Waals surface area (Å²) in [6.45, 7) is 28.3. The van der Waals surface area contributed by atoms with Crippen molar-refractivity contribution in [3.8, 4) is 0 Å². The van der Waals surface area contributed by atoms with E-state index in [-0.39, 0.29) is 35.1 Å². The minimum atomic E-state index is -0.186. The summed E-state index contributed by atoms with van der Waals surface area (Å²) in [5.41, 5.74) is 38.9. The van der Waals surface area contributed by atoms with Crippen molar-refractivity contribution >= 4 is 149 Å². The fourth-order valence-electron chi connectivity index (χ4n) is 19.4. The largest absolute Gasteiger partial charge is 0.311 e. The smallest absolute Gasteiger partial charge is 0.252 e. The molecule has 0 aromatic heterocycles. The molecule has 0 radical (unpaired) electrons. The van der Waals surface area contributed by atoms with Crippen LogP contribution in [-0.4, -0.2) is 13.4 Å². The van der Waals surface area contributed by atoms with Gasteiger partial charge >= 0.3 is 0 Å². The van der Waals surface area contributed by atoms with Crippen LogP contribution < -0.4 is 62.2 Å². The molecule has 0 spiro atoms. The van der Waals surface area contributed by atoms with Crippen LogP contribution in [0.15, 0.2) is 279 Å². The molecule has 106 heavy (non-hydrogen) atoms. The maximum atomic E-state index is 2.69. The number of nitrogens with zero attached hydrogens (tertiary/aromatic N) is 6. The highest BCUT2D eigenvalue weighted by molar-refractivity contribution is 7.03. The third kappa shape index (κ3) is 10.1. The number of fused-ring (bicyclic) bond motifs is 10. The molecule has 0 unspecified atom stereocenters. The first-order valence-electron chi connectivity index (χ1n) is 38.4. The summed E-state index contributed by atoms with van der Waals surface area (Å²) in [6, 6.07) is 108. The van der Waals surface area contributed by atoms with E-state index in [4.69, 9.17) is 0 Å². The highest BCUT2D eigenvalue weighted by Gasteiger charge is 2.50. The molecule has 4 heterocycles. The van der Waals surface area contributed by atoms with Crippen molar-refractivity contribution in [1.29, 1.82) is 0 Å². The Balaban J connectivity index is 0.935. The topological polar surface area (TPSA) is 19.4 Å². The molecule has 518 valence electrons. The lowest BCUT2D eigenvalue weighted by Gasteiger charge is -2.48. The number of rotatable bonds is 10. The van der Waals surface area contributed by atoms with Gasteiger partial charge in [-0.15, -0.1) is 0 Å². The maximum absolute atomic E-state index is 2.69. The molecule has 6 nitrogen and oxygen atoms in total. The van der Waals surface area contributed by atoms with Crippen molar-refractivity contribution in [2.24, 2.45) is 0 Å². The van der Waals surface area contributed by atoms with Crippen molar-refractivity contribution < 1.29 is 0 Å². The Morgan fingerprint density at radius 3 is 0.877 bits per heavy atom. The van der Waals surface area contributed by atoms with E-state index < -0.39 is 0 Å². The molecule has 0 bridgehead atoms. The Bertz CT molecular complexity index is 5310. The molecule has 4 aliphatic heterocycles. The minimum absolute atomic E-state index is 0.0209. The molecule has 13 aromatic carbocycles. The molecule has 2 aliphatic carbocycles. The van der Waals surface area contributed by atoms with Gasteiger partial charge in [0.05, 0.1) is 11.4 Å². The third-order valence-electron chi connectivity index (χ3n) is 25.2. The van der Waals surface area contributed by atoms with Crippen LogP contribution >= 0.6 is 0 Å². The van der Waals surface area contributed by atoms with Crippen LogP contribution in [0.2, 0.25) is 0 Å². The monoisotopic (exact) mass is 1370 g/mol. The van der Waals surface area contributed by atoms with Crippen molar-refractivity contribution in [3.05, 3.63) is 324 Å². The van der Waals surface area contributed by atoms with Crippen LogP contribution in [0.1, 0.15) is 126 Å². The predicted molar refractivity (Wildman–Crippen MR) is 453 cm³/mol. The lowest BCUT2D eigenvalue weighted by molar-refractivity contribution is 0.332. The van der Waals surface area contributed by atoms with Crippen LogP contribution in [0, 0.1) is 27.7 Å². The van der Waals surface area contributed by atoms with Gasteiger partial charge in [-0.05, 0) is 268 Å². The second-order valence-corrected chi connectivity index (χ2v) is 33.6. The SMILES string of the molecule is Cc1ccccc1N(c1cc2c3c(c1)N(c1ccccc1)c1cc4c(cc1B3c1ccccc1N2c1ccc2c(c1)C(C)(C)CCC2(C)C)B1c2ccccc2N(c2ccc3c(c2)C(C)(C)CCC3(C)C)c2cc(N(c3ccccc3C)c3ccccc3C)cc(c21)N4c1ccccc1)c1ccccc1C. The van der Waals surface area contributed by atoms with Crippen LogP contribution in [0.5, 0.6) is 0 Å². The number of hydrogen-bond acceptors (Lipinski definition) is 6. The zero-order valence-electron chi connectivity index (χ0n) is 63.2. The van der Waals surface area contributed by atoms with Crippen LogP contribution in [0.25, 0.3) is 0 Å². The van der Waals surface area contributed by atoms with Crippen molar-refractivity contribution in [1.82, 2.24) is 0 Å². The first-order valence-corrected chi connectivity index (χ1v) is 38.4. The van der Waals surface area contributed by atoms with Gasteiger partial charge in [0.2, 0.25) is 0 Å². The molecule has 19 rings (SSSR count). The van der Waals surface area contributed by atoms with E-state index in [9.17, 15) is 0 Å². The fraction of sp³-hybridized carbons (Fsp3) is 0.204. The summed E-state index contributed by atoms with van der Waals surface area (Å²) < 4.78 is 0. The first kappa shape index (κ1) is 65.5. The van der Waals surface area contributed by atoms with E-state index in [1.54, 1.807) is 0 Å². The van der Waals surface area contributed by atoms with E-state index >= 15 is 0 Å². The van der Waals surface area contributed by atoms with Gasteiger partial charge in [0.15, 0.2) is 0 Å². The van der Waals surface area contributed by atoms with Gasteiger partial charge in [-0.3, -0.25) is 0 Å². The van der Waals surface area contributed by atoms with Crippen molar-refractivity contribution in [2.75, 3.05) is 29.4 Å². The number of anilines is 18. The third-order valence-corrected chi connectivity index (χ3v) is 25.2. The van der Waals surface area contributed by atoms with E-state index in [0.717, 1.165) is 93.9 Å². The van der Waals surface area contributed by atoms with Crippen LogP contribution in [0.4, 0.5) is 102 Å². The molecule has 6 aliphatic rings. The maximum Gasteiger partial charge on any atom is 0.252 e. The standard InChI is InChI=1S/C98H90B2N6/c1-63-31-19-25-41-81(63)105(82-42-26-20-32-64(82)2)71-57-89-93-91(59-71)103(69-47-49-73-75(55-69)97(9,10)53-51-95(73,5)6)85-45-29-23-39-77(85)99(93)79-61-80-88(62-87(79)101(89)67-35-15-13-16-36-67)102(68-37-17-14-18-38-68)90-58-72(106(83-43-27-21-33-65(83)3)84-44-28-22-34-66(84)4)60-92-94(90)100(80)78-40-24-30-46-86(78)104(92)70-48-50-74-76(56-70)98(11,12)54-52-96(74,7)8/h13-50,55-62H,51-54H2,1-12H3. The molecule has 0 fully saturated rings. The Morgan fingerprint density at radius 1 is 0.245 bits per heavy atom. The van der Waals surface area contributed by atoms with E-state index in [2.05, 4.69) is 392 Å². The van der Waals surface area contributed by atoms with Gasteiger partial charge in [0.1, 0.15) is 0 Å². The lowest BCUT2D eigenvalue weighted by atomic mass is 9.30. The Hall–Kier alpha value is -11.2. The highest BCUT2D eigenvalue weighted by atomic mass is 15.2. The van der Waals surface area contributed by atoms with E-state index in [1.165, 1.54) is 111 Å². The molecule has 0 saturated heterocycles. The minimum Gasteiger partial charge on any atom is -0.311 e. The molecule has 0 amide bonds. The number of benzene rings is 13. The molecule has 0 atom stereocenters. The Labute approximate surface area is 628 Å². The van der Waals surface area contributed by atoms with Gasteiger partial charge in [-0.2, -0.15) is 0 Å². The van der Waals surface area contributed by atoms with Gasteiger partial charge in [-0.25, -0.2) is 0 Å². The van der Waals surface area contributed by atoms with Gasteiger partial charge in [0.25, 0.3) is 13.4 Å². The molecule has 0 saturated carbocycles. The molecule has 13 aromatic rings. The average Bonchev–Trinajstić information content (AvgIpc) is 0.682. The van der Waals surface area contributed by atoms with Gasteiger partial charge < -0.3 is 29.4 Å². The normalized spacial score (nSPS) is 16.2. The van der Waals surface area contributed by atoms with E-state index in [1.807, 2.05) is 0 Å². The Kier molecular flexibility index (Phi) is 14.9. The number of hydrogen-bond donors (Lipinski definition) is 0. The Morgan fingerprint density at radius 2 is 0.538 bits per heavy atom. The summed E-state index contributed by atoms with van der Waals surface area (Å²) in [4.78, 5) is 15.7. The van der Waals surface area contributed by atoms with Crippen molar-refractivity contribution in [3.63, 3.8) is 0 Å². The zero-order valence-corrected chi connectivity index (χ0v) is 63.2. The molecule has 8 heteroatoms. The summed E-state index contributed by atoms with van der Waals surface area (Å²) in [5.74, 6) is 0. The van der Waals surface area contributed by atoms with E-state index in [0.29, 0.717) is 0 Å². The fourth-order valence-corrected chi connectivity index (χ4v) is 19.4. The molecular formula is C98H90B2N6. The summed E-state index contributed by atoms with van der Waals surface area (Å²) in [6.07, 6.45) is 4.54. The van der Waals surface area contributed by atoms with Crippen LogP contribution in [-0.2, 0) is 21.7 Å². The summed E-state index contributed by atoms with van der Waals surface area (Å²) in [5, 5.41) is 0. The zero-order chi connectivity index (χ0) is 72.4. The first-order chi connectivity index (χ1) is 51.2. The van der Waals surface area contributed by atoms with Crippen molar-refractivity contribution in [2.45, 2.75) is 130 Å². The second-order valence-electron chi connectivity index (χ2n) is 33.6. The van der Waals surface area contributed by atoms with Gasteiger partial charge in [0, 0.05) is 91.0 Å². The summed E-state index contributed by atoms with van der Waals surface area (Å²) in [7, 11) is 0. The quantitative estimate of drug-likeness (QED) is 0.126. The average molecular weight is 1370 g/mol. The summed E-state index contributed by atoms with van der Waals surface area (Å²) >= 11 is 0. The predicted octanol–water partition coefficient (Wildman–Crippen LogP) is 22.7. The number of aryl methyl sites for hydroxylation is 4. The molecule has 0 N–H and O–H groups in total. The van der Waals surface area contributed by atoms with Gasteiger partial charge in [-0.1, -0.05) is 219 Å². The highest BCUT2D eigenvalue weighted by Crippen LogP contribution is 2.56. The second kappa shape index (κ2) is 24.2. The molecular weight excluding hydrogens is 1280 g/mol. The van der Waals surface area contributed by atoms with Crippen LogP contribution in [0.3, 0.4) is 0 Å². The lowest BCUT2D eigenvalue weighted by Crippen LogP contribution is -2.65.